The summed E-state index contributed by atoms with van der Waals surface area (Å²) in [5, 5.41) is 0. The zero-order valence-electron chi connectivity index (χ0n) is 27.8. The van der Waals surface area contributed by atoms with Crippen LogP contribution in [0.25, 0.3) is 0 Å². The van der Waals surface area contributed by atoms with Crippen molar-refractivity contribution in [3.8, 4) is 17.2 Å². The number of para-hydroxylation sites is 2. The summed E-state index contributed by atoms with van der Waals surface area (Å²) in [6.45, 7) is 6.88. The summed E-state index contributed by atoms with van der Waals surface area (Å²) in [5.41, 5.74) is -1.86. The van der Waals surface area contributed by atoms with Gasteiger partial charge < -0.3 is 28.7 Å². The van der Waals surface area contributed by atoms with Gasteiger partial charge in [-0.25, -0.2) is 13.2 Å². The Morgan fingerprint density at radius 1 is 0.854 bits per heavy atom. The molecule has 2 amide bonds. The smallest absolute Gasteiger partial charge is 0.411 e. The van der Waals surface area contributed by atoms with E-state index in [-0.39, 0.29) is 39.8 Å². The van der Waals surface area contributed by atoms with Gasteiger partial charge in [-0.05, 0) is 63.2 Å². The summed E-state index contributed by atoms with van der Waals surface area (Å²) >= 11 is 0. The van der Waals surface area contributed by atoms with Crippen molar-refractivity contribution in [1.29, 1.82) is 0 Å². The molecule has 3 heterocycles. The van der Waals surface area contributed by atoms with Gasteiger partial charge in [0.15, 0.2) is 0 Å². The molecule has 13 heteroatoms. The molecule has 48 heavy (non-hydrogen) atoms. The van der Waals surface area contributed by atoms with Crippen LogP contribution >= 0.6 is 0 Å². The van der Waals surface area contributed by atoms with Crippen molar-refractivity contribution in [3.05, 3.63) is 77.9 Å². The number of benzene rings is 3. The summed E-state index contributed by atoms with van der Waals surface area (Å²) in [6, 6.07) is 17.7. The number of hydrogen-bond donors (Lipinski definition) is 0. The number of rotatable bonds is 9. The third-order valence-corrected chi connectivity index (χ3v) is 11.2. The molecule has 3 aliphatic heterocycles. The lowest BCUT2D eigenvalue weighted by Gasteiger charge is -2.42. The Labute approximate surface area is 281 Å². The van der Waals surface area contributed by atoms with E-state index in [1.807, 2.05) is 0 Å². The Hall–Kier alpha value is -4.33. The summed E-state index contributed by atoms with van der Waals surface area (Å²) < 4.78 is 52.9. The number of amides is 2. The second kappa shape index (κ2) is 13.7. The zero-order valence-corrected chi connectivity index (χ0v) is 28.6. The van der Waals surface area contributed by atoms with Gasteiger partial charge in [-0.15, -0.1) is 0 Å². The molecule has 2 fully saturated rings. The van der Waals surface area contributed by atoms with Crippen LogP contribution in [0, 0.1) is 0 Å². The fourth-order valence-corrected chi connectivity index (χ4v) is 8.50. The topological polar surface area (TPSA) is 118 Å². The predicted octanol–water partition coefficient (Wildman–Crippen LogP) is 3.93. The largest absolute Gasteiger partial charge is 0.497 e. The van der Waals surface area contributed by atoms with Gasteiger partial charge in [0.2, 0.25) is 5.60 Å². The molecular formula is C35H42N4O8S. The van der Waals surface area contributed by atoms with Gasteiger partial charge in [-0.2, -0.15) is 4.31 Å². The molecule has 0 N–H and O–H groups in total. The Morgan fingerprint density at radius 2 is 1.52 bits per heavy atom. The van der Waals surface area contributed by atoms with E-state index in [2.05, 4.69) is 16.8 Å². The summed E-state index contributed by atoms with van der Waals surface area (Å²) in [4.78, 5) is 35.5. The Morgan fingerprint density at radius 3 is 2.19 bits per heavy atom. The Kier molecular flexibility index (Phi) is 9.55. The average Bonchev–Trinajstić information content (AvgIpc) is 3.36. The minimum absolute atomic E-state index is 0.0274. The molecule has 0 aliphatic carbocycles. The molecule has 6 rings (SSSR count). The first-order valence-corrected chi connectivity index (χ1v) is 17.6. The van der Waals surface area contributed by atoms with Crippen LogP contribution in [0.4, 0.5) is 10.5 Å². The van der Waals surface area contributed by atoms with Crippen LogP contribution in [-0.2, 0) is 25.2 Å². The number of piperazine rings is 1. The second-order valence-electron chi connectivity index (χ2n) is 12.1. The van der Waals surface area contributed by atoms with E-state index in [0.29, 0.717) is 29.2 Å². The van der Waals surface area contributed by atoms with Crippen LogP contribution in [0.5, 0.6) is 17.2 Å². The van der Waals surface area contributed by atoms with E-state index in [1.165, 1.54) is 32.4 Å². The first-order chi connectivity index (χ1) is 23.1. The molecule has 12 nitrogen and oxygen atoms in total. The highest BCUT2D eigenvalue weighted by Gasteiger charge is 2.61. The van der Waals surface area contributed by atoms with E-state index >= 15 is 4.79 Å². The number of likely N-dealkylation sites (tertiary alicyclic amines) is 1. The van der Waals surface area contributed by atoms with E-state index in [4.69, 9.17) is 18.9 Å². The van der Waals surface area contributed by atoms with Crippen LogP contribution < -0.4 is 18.5 Å². The standard InChI is InChI=1S/C35H42N4O8S/c1-5-46-30-11-7-6-10-27(30)35(47-34(41)38-18-16-25(17-19-38)37-22-20-36(2)21-23-37)28-24-26(44-3)14-15-29(28)39(33(35)40)48(42,43)32-13-9-8-12-31(32)45-4/h6-15,24-25H,5,16-23H2,1-4H3. The number of anilines is 1. The second-order valence-corrected chi connectivity index (χ2v) is 13.9. The van der Waals surface area contributed by atoms with Crippen molar-refractivity contribution in [2.45, 2.75) is 36.3 Å². The molecule has 0 radical (unpaired) electrons. The molecule has 0 spiro atoms. The minimum Gasteiger partial charge on any atom is -0.497 e. The molecule has 0 aromatic heterocycles. The number of carbonyl (C=O) groups excluding carboxylic acids is 2. The van der Waals surface area contributed by atoms with E-state index in [9.17, 15) is 13.2 Å². The van der Waals surface area contributed by atoms with Crippen molar-refractivity contribution in [2.75, 3.05) is 71.4 Å². The SMILES string of the molecule is CCOc1ccccc1C1(OC(=O)N2CCC(N3CCN(C)CC3)CC2)C(=O)N(S(=O)(=O)c2ccccc2OC)c2ccc(OC)cc21. The van der Waals surface area contributed by atoms with Crippen LogP contribution in [0.1, 0.15) is 30.9 Å². The van der Waals surface area contributed by atoms with E-state index in [1.54, 1.807) is 60.4 Å². The Balaban J connectivity index is 1.44. The summed E-state index contributed by atoms with van der Waals surface area (Å²) in [6.07, 6.45) is 0.791. The van der Waals surface area contributed by atoms with Crippen molar-refractivity contribution >= 4 is 27.7 Å². The van der Waals surface area contributed by atoms with Crippen LogP contribution in [-0.4, -0.2) is 108 Å². The van der Waals surface area contributed by atoms with E-state index < -0.39 is 27.6 Å². The lowest BCUT2D eigenvalue weighted by molar-refractivity contribution is -0.132. The van der Waals surface area contributed by atoms with Gasteiger partial charge in [0.25, 0.3) is 15.9 Å². The maximum absolute atomic E-state index is 15.1. The minimum atomic E-state index is -4.59. The van der Waals surface area contributed by atoms with Gasteiger partial charge >= 0.3 is 6.09 Å². The van der Waals surface area contributed by atoms with Crippen LogP contribution in [0.15, 0.2) is 71.6 Å². The lowest BCUT2D eigenvalue weighted by atomic mass is 9.86. The number of fused-ring (bicyclic) bond motifs is 1. The van der Waals surface area contributed by atoms with Crippen molar-refractivity contribution in [3.63, 3.8) is 0 Å². The molecule has 256 valence electrons. The molecule has 0 bridgehead atoms. The number of nitrogens with zero attached hydrogens (tertiary/aromatic N) is 4. The van der Waals surface area contributed by atoms with Crippen LogP contribution in [0.2, 0.25) is 0 Å². The van der Waals surface area contributed by atoms with Gasteiger partial charge in [0, 0.05) is 50.9 Å². The highest BCUT2D eigenvalue weighted by Crippen LogP contribution is 2.53. The zero-order chi connectivity index (χ0) is 34.1. The average molecular weight is 679 g/mol. The number of likely N-dealkylation sites (N-methyl/N-ethyl adjacent to an activating group) is 1. The normalized spacial score (nSPS) is 20.8. The number of methoxy groups -OCH3 is 2. The van der Waals surface area contributed by atoms with Crippen molar-refractivity contribution < 1.29 is 37.0 Å². The highest BCUT2D eigenvalue weighted by molar-refractivity contribution is 7.93. The van der Waals surface area contributed by atoms with Crippen LogP contribution in [0.3, 0.4) is 0 Å². The van der Waals surface area contributed by atoms with Crippen molar-refractivity contribution in [2.24, 2.45) is 0 Å². The molecule has 3 aromatic carbocycles. The third kappa shape index (κ3) is 5.84. The first kappa shape index (κ1) is 33.6. The maximum Gasteiger partial charge on any atom is 0.411 e. The number of carbonyl (C=O) groups is 2. The molecular weight excluding hydrogens is 636 g/mol. The third-order valence-electron chi connectivity index (χ3n) is 9.46. The lowest BCUT2D eigenvalue weighted by Crippen LogP contribution is -2.54. The fraction of sp³-hybridized carbons (Fsp3) is 0.429. The predicted molar refractivity (Wildman–Crippen MR) is 179 cm³/mol. The first-order valence-electron chi connectivity index (χ1n) is 16.2. The quantitative estimate of drug-likeness (QED) is 0.330. The van der Waals surface area contributed by atoms with Gasteiger partial charge in [-0.1, -0.05) is 30.3 Å². The van der Waals surface area contributed by atoms with E-state index in [0.717, 1.165) is 39.0 Å². The van der Waals surface area contributed by atoms with Gasteiger partial charge in [-0.3, -0.25) is 9.69 Å². The van der Waals surface area contributed by atoms with Crippen molar-refractivity contribution in [1.82, 2.24) is 14.7 Å². The van der Waals surface area contributed by atoms with Gasteiger partial charge in [0.1, 0.15) is 22.1 Å². The molecule has 1 unspecified atom stereocenters. The number of ether oxygens (including phenoxy) is 4. The number of piperidine rings is 1. The monoisotopic (exact) mass is 678 g/mol. The molecule has 0 saturated carbocycles. The maximum atomic E-state index is 15.1. The molecule has 3 aliphatic rings. The number of hydrogen-bond acceptors (Lipinski definition) is 10. The van der Waals surface area contributed by atoms with Gasteiger partial charge in [0.05, 0.1) is 32.1 Å². The summed E-state index contributed by atoms with van der Waals surface area (Å²) in [7, 11) is 0.356. The molecule has 3 aromatic rings. The molecule has 2 saturated heterocycles. The highest BCUT2D eigenvalue weighted by atomic mass is 32.2. The molecule has 1 atom stereocenters. The Bertz CT molecular complexity index is 1770. The fourth-order valence-electron chi connectivity index (χ4n) is 6.89. The summed E-state index contributed by atoms with van der Waals surface area (Å²) in [5.74, 6) is -0.294. The number of sulfonamides is 1.